The van der Waals surface area contributed by atoms with Crippen LogP contribution < -0.4 is 10.1 Å². The number of amides is 1. The summed E-state index contributed by atoms with van der Waals surface area (Å²) in [6, 6.07) is 3.75. The molecule has 0 aliphatic carbocycles. The summed E-state index contributed by atoms with van der Waals surface area (Å²) >= 11 is 0. The molecule has 0 aliphatic rings. The van der Waals surface area contributed by atoms with Gasteiger partial charge in [-0.1, -0.05) is 13.8 Å². The van der Waals surface area contributed by atoms with Gasteiger partial charge in [0.1, 0.15) is 23.8 Å². The summed E-state index contributed by atoms with van der Waals surface area (Å²) in [6.07, 6.45) is 1.72. The fraction of sp³-hybridized carbons (Fsp3) is 0.400. The fourth-order valence-corrected chi connectivity index (χ4v) is 2.22. The van der Waals surface area contributed by atoms with E-state index in [-0.39, 0.29) is 11.5 Å². The molecule has 1 heterocycles. The van der Waals surface area contributed by atoms with Crippen LogP contribution in [-0.4, -0.2) is 50.3 Å². The quantitative estimate of drug-likeness (QED) is 0.772. The van der Waals surface area contributed by atoms with Gasteiger partial charge in [0.15, 0.2) is 0 Å². The molecule has 9 heteroatoms. The van der Waals surface area contributed by atoms with Crippen LogP contribution in [0.1, 0.15) is 30.6 Å². The number of nitrogens with zero attached hydrogens (tertiary/aromatic N) is 4. The molecule has 0 spiro atoms. The van der Waals surface area contributed by atoms with Gasteiger partial charge in [0.25, 0.3) is 5.91 Å². The van der Waals surface area contributed by atoms with E-state index in [9.17, 15) is 14.7 Å². The van der Waals surface area contributed by atoms with E-state index in [1.54, 1.807) is 18.2 Å². The number of rotatable bonds is 7. The maximum absolute atomic E-state index is 12.4. The van der Waals surface area contributed by atoms with Gasteiger partial charge in [0.2, 0.25) is 0 Å². The monoisotopic (exact) mass is 333 g/mol. The van der Waals surface area contributed by atoms with Crippen molar-refractivity contribution in [1.82, 2.24) is 25.5 Å². The van der Waals surface area contributed by atoms with Crippen molar-refractivity contribution in [2.45, 2.75) is 26.3 Å². The molecular weight excluding hydrogens is 314 g/mol. The molecule has 0 radical (unpaired) electrons. The summed E-state index contributed by atoms with van der Waals surface area (Å²) in [4.78, 5) is 23.7. The second-order valence-corrected chi connectivity index (χ2v) is 5.63. The predicted octanol–water partition coefficient (Wildman–Crippen LogP) is 0.900. The first-order chi connectivity index (χ1) is 11.4. The fourth-order valence-electron chi connectivity index (χ4n) is 2.22. The minimum Gasteiger partial charge on any atom is -0.494 e. The lowest BCUT2D eigenvalue weighted by Crippen LogP contribution is -2.41. The Bertz CT molecular complexity index is 715. The second kappa shape index (κ2) is 7.53. The van der Waals surface area contributed by atoms with E-state index in [2.05, 4.69) is 20.8 Å². The molecule has 2 aromatic rings. The van der Waals surface area contributed by atoms with Crippen LogP contribution >= 0.6 is 0 Å². The molecule has 1 amide bonds. The highest BCUT2D eigenvalue weighted by atomic mass is 16.5. The molecule has 0 fully saturated rings. The summed E-state index contributed by atoms with van der Waals surface area (Å²) in [6.45, 7) is 3.79. The first kappa shape index (κ1) is 17.4. The van der Waals surface area contributed by atoms with Crippen molar-refractivity contribution in [2.24, 2.45) is 5.92 Å². The van der Waals surface area contributed by atoms with Gasteiger partial charge in [-0.3, -0.25) is 4.79 Å². The van der Waals surface area contributed by atoms with E-state index in [0.29, 0.717) is 17.9 Å². The molecule has 1 aromatic heterocycles. The number of benzene rings is 1. The number of ether oxygens (including phenoxy) is 1. The molecule has 0 bridgehead atoms. The molecule has 9 nitrogen and oxygen atoms in total. The van der Waals surface area contributed by atoms with E-state index in [1.165, 1.54) is 18.1 Å². The highest BCUT2D eigenvalue weighted by Gasteiger charge is 2.22. The maximum Gasteiger partial charge on any atom is 0.326 e. The van der Waals surface area contributed by atoms with Gasteiger partial charge in [-0.15, -0.1) is 5.10 Å². The number of aliphatic carboxylic acids is 1. The van der Waals surface area contributed by atoms with Gasteiger partial charge in [0, 0.05) is 5.56 Å². The Kier molecular flexibility index (Phi) is 5.46. The minimum atomic E-state index is -1.06. The van der Waals surface area contributed by atoms with Crippen molar-refractivity contribution in [3.05, 3.63) is 30.1 Å². The molecule has 0 saturated heterocycles. The van der Waals surface area contributed by atoms with Crippen molar-refractivity contribution >= 4 is 11.9 Å². The lowest BCUT2D eigenvalue weighted by atomic mass is 10.0. The normalized spacial score (nSPS) is 12.0. The smallest absolute Gasteiger partial charge is 0.326 e. The predicted molar refractivity (Wildman–Crippen MR) is 84.1 cm³/mol. The molecular formula is C15H19N5O4. The van der Waals surface area contributed by atoms with Gasteiger partial charge >= 0.3 is 5.97 Å². The van der Waals surface area contributed by atoms with E-state index in [1.807, 2.05) is 13.8 Å². The highest BCUT2D eigenvalue weighted by Crippen LogP contribution is 2.23. The number of nitrogens with one attached hydrogen (secondary N) is 1. The Balaban J connectivity index is 2.26. The molecule has 0 saturated carbocycles. The topological polar surface area (TPSA) is 119 Å². The number of carbonyl (C=O) groups excluding carboxylic acids is 1. The molecule has 2 N–H and O–H groups in total. The standard InChI is InChI=1S/C15H19N5O4/c1-9(2)6-11(15(22)23)17-14(21)10-4-5-13(24-3)12(7-10)20-8-16-18-19-20/h4-5,7-9,11H,6H2,1-3H3,(H,17,21)(H,22,23)/t11-/m1/s1. The Labute approximate surface area is 138 Å². The molecule has 0 unspecified atom stereocenters. The third-order valence-corrected chi connectivity index (χ3v) is 3.35. The first-order valence-electron chi connectivity index (χ1n) is 7.37. The van der Waals surface area contributed by atoms with E-state index < -0.39 is 17.9 Å². The van der Waals surface area contributed by atoms with Crippen LogP contribution in [0.5, 0.6) is 5.75 Å². The molecule has 24 heavy (non-hydrogen) atoms. The third kappa shape index (κ3) is 4.06. The summed E-state index contributed by atoms with van der Waals surface area (Å²) in [7, 11) is 1.49. The van der Waals surface area contributed by atoms with Gasteiger partial charge in [-0.25, -0.2) is 4.79 Å². The van der Waals surface area contributed by atoms with Gasteiger partial charge in [-0.05, 0) is 41.0 Å². The Morgan fingerprint density at radius 1 is 1.38 bits per heavy atom. The number of hydrogen-bond acceptors (Lipinski definition) is 6. The van der Waals surface area contributed by atoms with Gasteiger partial charge in [-0.2, -0.15) is 4.68 Å². The van der Waals surface area contributed by atoms with Crippen LogP contribution in [0.4, 0.5) is 0 Å². The lowest BCUT2D eigenvalue weighted by molar-refractivity contribution is -0.139. The van der Waals surface area contributed by atoms with E-state index >= 15 is 0 Å². The highest BCUT2D eigenvalue weighted by molar-refractivity contribution is 5.97. The zero-order valence-electron chi connectivity index (χ0n) is 13.6. The van der Waals surface area contributed by atoms with Crippen molar-refractivity contribution < 1.29 is 19.4 Å². The molecule has 1 aromatic carbocycles. The zero-order valence-corrected chi connectivity index (χ0v) is 13.6. The average Bonchev–Trinajstić information content (AvgIpc) is 3.07. The van der Waals surface area contributed by atoms with Crippen LogP contribution in [0.25, 0.3) is 5.69 Å². The number of carboxylic acid groups (broad SMARTS) is 1. The molecule has 1 atom stereocenters. The number of methoxy groups -OCH3 is 1. The molecule has 128 valence electrons. The molecule has 0 aliphatic heterocycles. The van der Waals surface area contributed by atoms with Gasteiger partial charge < -0.3 is 15.2 Å². The summed E-state index contributed by atoms with van der Waals surface area (Å²) < 4.78 is 6.59. The third-order valence-electron chi connectivity index (χ3n) is 3.35. The van der Waals surface area contributed by atoms with Crippen LogP contribution in [0, 0.1) is 5.92 Å². The van der Waals surface area contributed by atoms with Gasteiger partial charge in [0.05, 0.1) is 7.11 Å². The SMILES string of the molecule is COc1ccc(C(=O)N[C@H](CC(C)C)C(=O)O)cc1-n1cnnn1. The number of aromatic nitrogens is 4. The minimum absolute atomic E-state index is 0.138. The summed E-state index contributed by atoms with van der Waals surface area (Å²) in [5.41, 5.74) is 0.766. The number of hydrogen-bond donors (Lipinski definition) is 2. The Morgan fingerprint density at radius 3 is 2.67 bits per heavy atom. The summed E-state index contributed by atoms with van der Waals surface area (Å²) in [5, 5.41) is 22.6. The van der Waals surface area contributed by atoms with Crippen LogP contribution in [-0.2, 0) is 4.79 Å². The molecule has 2 rings (SSSR count). The van der Waals surface area contributed by atoms with Crippen molar-refractivity contribution in [3.8, 4) is 11.4 Å². The first-order valence-corrected chi connectivity index (χ1v) is 7.37. The zero-order chi connectivity index (χ0) is 17.7. The van der Waals surface area contributed by atoms with Crippen molar-refractivity contribution in [2.75, 3.05) is 7.11 Å². The van der Waals surface area contributed by atoms with E-state index in [0.717, 1.165) is 0 Å². The maximum atomic E-state index is 12.4. The second-order valence-electron chi connectivity index (χ2n) is 5.63. The largest absolute Gasteiger partial charge is 0.494 e. The number of tetrazole rings is 1. The summed E-state index contributed by atoms with van der Waals surface area (Å²) in [5.74, 6) is -0.929. The van der Waals surface area contributed by atoms with Crippen LogP contribution in [0.2, 0.25) is 0 Å². The van der Waals surface area contributed by atoms with E-state index in [4.69, 9.17) is 4.74 Å². The number of carbonyl (C=O) groups is 2. The lowest BCUT2D eigenvalue weighted by Gasteiger charge is -2.17. The van der Waals surface area contributed by atoms with Crippen LogP contribution in [0.3, 0.4) is 0 Å². The van der Waals surface area contributed by atoms with Crippen molar-refractivity contribution in [3.63, 3.8) is 0 Å². The average molecular weight is 333 g/mol. The van der Waals surface area contributed by atoms with Crippen molar-refractivity contribution in [1.29, 1.82) is 0 Å². The Morgan fingerprint density at radius 2 is 2.12 bits per heavy atom. The number of carboxylic acids is 1. The van der Waals surface area contributed by atoms with Crippen LogP contribution in [0.15, 0.2) is 24.5 Å². The Hall–Kier alpha value is -2.97.